The van der Waals surface area contributed by atoms with E-state index in [0.717, 1.165) is 89.9 Å². The van der Waals surface area contributed by atoms with Gasteiger partial charge in [-0.2, -0.15) is 0 Å². The smallest absolute Gasteiger partial charge is 0.306 e. The molecule has 6 heteroatoms. The second kappa shape index (κ2) is 55.7. The molecule has 0 bridgehead atoms. The van der Waals surface area contributed by atoms with Gasteiger partial charge in [-0.15, -0.1) is 0 Å². The van der Waals surface area contributed by atoms with Crippen LogP contribution >= 0.6 is 0 Å². The summed E-state index contributed by atoms with van der Waals surface area (Å²) in [4.78, 5) is 37.6. The SMILES string of the molecule is CC/C=C\C/C=C\C/C=C\C/C=C\C/C=C\CCCCCCCCCCCCCCCCCCCCCC(=O)OCC(COC(=O)CCCCCCCC)OC(=O)CCCCCCCCCC. The van der Waals surface area contributed by atoms with Crippen LogP contribution in [0.2, 0.25) is 0 Å². The normalized spacial score (nSPS) is 12.5. The average Bonchev–Trinajstić information content (AvgIpc) is 3.33. The van der Waals surface area contributed by atoms with Crippen molar-refractivity contribution < 1.29 is 28.6 Å². The molecular weight excluding hydrogens is 829 g/mol. The van der Waals surface area contributed by atoms with Crippen LogP contribution in [-0.4, -0.2) is 37.2 Å². The summed E-state index contributed by atoms with van der Waals surface area (Å²) in [7, 11) is 0. The summed E-state index contributed by atoms with van der Waals surface area (Å²) in [5.74, 6) is -0.874. The van der Waals surface area contributed by atoms with E-state index in [0.29, 0.717) is 19.3 Å². The van der Waals surface area contributed by atoms with Crippen LogP contribution < -0.4 is 0 Å². The zero-order valence-electron chi connectivity index (χ0n) is 44.4. The molecular formula is C61H108O6. The van der Waals surface area contributed by atoms with E-state index in [1.165, 1.54) is 161 Å². The molecule has 0 saturated carbocycles. The predicted octanol–water partition coefficient (Wildman–Crippen LogP) is 19.2. The van der Waals surface area contributed by atoms with E-state index < -0.39 is 6.10 Å². The summed E-state index contributed by atoms with van der Waals surface area (Å²) in [5.41, 5.74) is 0. The predicted molar refractivity (Wildman–Crippen MR) is 288 cm³/mol. The highest BCUT2D eigenvalue weighted by atomic mass is 16.6. The van der Waals surface area contributed by atoms with E-state index in [1.54, 1.807) is 0 Å². The quantitative estimate of drug-likeness (QED) is 0.0262. The topological polar surface area (TPSA) is 78.9 Å². The van der Waals surface area contributed by atoms with Gasteiger partial charge in [-0.25, -0.2) is 0 Å². The molecule has 0 rings (SSSR count). The number of hydrogen-bond acceptors (Lipinski definition) is 6. The van der Waals surface area contributed by atoms with Crippen molar-refractivity contribution in [3.05, 3.63) is 60.8 Å². The number of allylic oxidation sites excluding steroid dienone is 10. The number of rotatable bonds is 52. The zero-order chi connectivity index (χ0) is 48.6. The van der Waals surface area contributed by atoms with Crippen molar-refractivity contribution in [2.24, 2.45) is 0 Å². The molecule has 0 saturated heterocycles. The lowest BCUT2D eigenvalue weighted by Crippen LogP contribution is -2.30. The van der Waals surface area contributed by atoms with Gasteiger partial charge in [0.1, 0.15) is 13.2 Å². The molecule has 0 amide bonds. The monoisotopic (exact) mass is 937 g/mol. The summed E-state index contributed by atoms with van der Waals surface area (Å²) in [6.07, 6.45) is 70.0. The van der Waals surface area contributed by atoms with Crippen LogP contribution in [0.3, 0.4) is 0 Å². The number of carbonyl (C=O) groups excluding carboxylic acids is 3. The first-order valence-corrected chi connectivity index (χ1v) is 28.8. The van der Waals surface area contributed by atoms with Crippen LogP contribution in [-0.2, 0) is 28.6 Å². The first-order chi connectivity index (χ1) is 33.0. The third kappa shape index (κ3) is 53.9. The van der Waals surface area contributed by atoms with E-state index in [4.69, 9.17) is 14.2 Å². The Labute approximate surface area is 415 Å². The fourth-order valence-corrected chi connectivity index (χ4v) is 8.24. The molecule has 0 spiro atoms. The maximum Gasteiger partial charge on any atom is 0.306 e. The van der Waals surface area contributed by atoms with Crippen molar-refractivity contribution in [3.63, 3.8) is 0 Å². The van der Waals surface area contributed by atoms with Gasteiger partial charge in [-0.05, 0) is 64.2 Å². The van der Waals surface area contributed by atoms with Gasteiger partial charge in [0.05, 0.1) is 0 Å². The maximum atomic E-state index is 12.6. The first kappa shape index (κ1) is 64.1. The molecule has 0 aliphatic carbocycles. The van der Waals surface area contributed by atoms with E-state index in [-0.39, 0.29) is 31.1 Å². The second-order valence-electron chi connectivity index (χ2n) is 19.2. The van der Waals surface area contributed by atoms with Crippen molar-refractivity contribution in [3.8, 4) is 0 Å². The molecule has 1 unspecified atom stereocenters. The highest BCUT2D eigenvalue weighted by molar-refractivity contribution is 5.71. The Bertz CT molecular complexity index is 1210. The molecule has 0 aromatic heterocycles. The van der Waals surface area contributed by atoms with E-state index in [9.17, 15) is 14.4 Å². The summed E-state index contributed by atoms with van der Waals surface area (Å²) < 4.78 is 16.7. The van der Waals surface area contributed by atoms with Crippen molar-refractivity contribution in [2.75, 3.05) is 13.2 Å². The third-order valence-corrected chi connectivity index (χ3v) is 12.5. The highest BCUT2D eigenvalue weighted by Gasteiger charge is 2.19. The van der Waals surface area contributed by atoms with Gasteiger partial charge >= 0.3 is 17.9 Å². The van der Waals surface area contributed by atoms with Gasteiger partial charge in [-0.3, -0.25) is 14.4 Å². The van der Waals surface area contributed by atoms with Crippen molar-refractivity contribution in [2.45, 2.75) is 297 Å². The van der Waals surface area contributed by atoms with Crippen molar-refractivity contribution in [1.29, 1.82) is 0 Å². The number of hydrogen-bond donors (Lipinski definition) is 0. The fraction of sp³-hybridized carbons (Fsp3) is 0.787. The first-order valence-electron chi connectivity index (χ1n) is 28.8. The molecule has 67 heavy (non-hydrogen) atoms. The Kier molecular flexibility index (Phi) is 53.3. The number of unbranched alkanes of at least 4 members (excludes halogenated alkanes) is 31. The molecule has 0 aliphatic rings. The molecule has 1 atom stereocenters. The Hall–Kier alpha value is -2.89. The van der Waals surface area contributed by atoms with Crippen LogP contribution in [0.25, 0.3) is 0 Å². The van der Waals surface area contributed by atoms with Gasteiger partial charge < -0.3 is 14.2 Å². The van der Waals surface area contributed by atoms with Crippen LogP contribution in [0.4, 0.5) is 0 Å². The fourth-order valence-electron chi connectivity index (χ4n) is 8.24. The van der Waals surface area contributed by atoms with E-state index in [2.05, 4.69) is 81.5 Å². The molecule has 0 N–H and O–H groups in total. The molecule has 0 aromatic rings. The minimum atomic E-state index is -0.762. The minimum Gasteiger partial charge on any atom is -0.462 e. The molecule has 0 fully saturated rings. The Morgan fingerprint density at radius 2 is 0.582 bits per heavy atom. The summed E-state index contributed by atoms with van der Waals surface area (Å²) in [5, 5.41) is 0. The lowest BCUT2D eigenvalue weighted by molar-refractivity contribution is -0.167. The Morgan fingerprint density at radius 1 is 0.313 bits per heavy atom. The summed E-state index contributed by atoms with van der Waals surface area (Å²) in [6, 6.07) is 0. The van der Waals surface area contributed by atoms with Crippen molar-refractivity contribution >= 4 is 17.9 Å². The van der Waals surface area contributed by atoms with Gasteiger partial charge in [0.2, 0.25) is 0 Å². The van der Waals surface area contributed by atoms with Crippen molar-refractivity contribution in [1.82, 2.24) is 0 Å². The van der Waals surface area contributed by atoms with Gasteiger partial charge in [0.25, 0.3) is 0 Å². The second-order valence-corrected chi connectivity index (χ2v) is 19.2. The highest BCUT2D eigenvalue weighted by Crippen LogP contribution is 2.17. The molecule has 0 heterocycles. The average molecular weight is 938 g/mol. The summed E-state index contributed by atoms with van der Waals surface area (Å²) >= 11 is 0. The third-order valence-electron chi connectivity index (χ3n) is 12.5. The van der Waals surface area contributed by atoms with Gasteiger partial charge in [0.15, 0.2) is 6.10 Å². The van der Waals surface area contributed by atoms with Crippen LogP contribution in [0.1, 0.15) is 290 Å². The Morgan fingerprint density at radius 3 is 0.910 bits per heavy atom. The molecule has 6 nitrogen and oxygen atoms in total. The minimum absolute atomic E-state index is 0.0688. The number of carbonyl (C=O) groups is 3. The Balaban J connectivity index is 3.81. The molecule has 388 valence electrons. The van der Waals surface area contributed by atoms with Gasteiger partial charge in [-0.1, -0.05) is 268 Å². The number of esters is 3. The maximum absolute atomic E-state index is 12.6. The van der Waals surface area contributed by atoms with Gasteiger partial charge in [0, 0.05) is 19.3 Å². The lowest BCUT2D eigenvalue weighted by Gasteiger charge is -2.18. The van der Waals surface area contributed by atoms with E-state index in [1.807, 2.05) is 0 Å². The standard InChI is InChI=1S/C61H108O6/c1-4-7-10-13-16-18-19-20-21-22-23-24-25-26-27-28-29-30-31-32-33-34-35-36-37-38-39-40-41-42-43-44-46-48-51-54-60(63)66-57-58(56-65-59(62)53-50-47-15-12-9-6-3)67-61(64)55-52-49-45-17-14-11-8-5-2/h7,10,16,18,20-21,23-24,26-27,58H,4-6,8-9,11-15,17,19,22,25,28-57H2,1-3H3/b10-7-,18-16-,21-20-,24-23-,27-26-. The van der Waals surface area contributed by atoms with Crippen LogP contribution in [0, 0.1) is 0 Å². The lowest BCUT2D eigenvalue weighted by atomic mass is 10.0. The molecule has 0 aromatic carbocycles. The largest absolute Gasteiger partial charge is 0.462 e. The molecule has 0 aliphatic heterocycles. The molecule has 0 radical (unpaired) electrons. The van der Waals surface area contributed by atoms with E-state index >= 15 is 0 Å². The van der Waals surface area contributed by atoms with Crippen LogP contribution in [0.5, 0.6) is 0 Å². The van der Waals surface area contributed by atoms with Crippen LogP contribution in [0.15, 0.2) is 60.8 Å². The number of ether oxygens (including phenoxy) is 3. The zero-order valence-corrected chi connectivity index (χ0v) is 44.4. The summed E-state index contributed by atoms with van der Waals surface area (Å²) in [6.45, 7) is 6.45.